The molecule has 2 heterocycles. The first-order chi connectivity index (χ1) is 8.06. The van der Waals surface area contributed by atoms with Crippen LogP contribution < -0.4 is 5.32 Å². The molecule has 1 N–H and O–H groups in total. The van der Waals surface area contributed by atoms with E-state index in [0.717, 1.165) is 5.82 Å². The second kappa shape index (κ2) is 4.98. The lowest BCUT2D eigenvalue weighted by Crippen LogP contribution is -2.19. The van der Waals surface area contributed by atoms with Crippen LogP contribution in [-0.2, 0) is 13.6 Å². The van der Waals surface area contributed by atoms with Crippen LogP contribution in [0.15, 0.2) is 12.4 Å². The number of nitrogens with one attached hydrogen (secondary N) is 1. The Bertz CT molecular complexity index is 500. The second-order valence-electron chi connectivity index (χ2n) is 4.31. The number of hydrogen-bond acceptors (Lipinski definition) is 4. The first-order valence-corrected chi connectivity index (χ1v) is 6.52. The lowest BCUT2D eigenvalue weighted by Gasteiger charge is -2.12. The zero-order chi connectivity index (χ0) is 12.4. The summed E-state index contributed by atoms with van der Waals surface area (Å²) >= 11 is 1.85. The first kappa shape index (κ1) is 12.3. The molecule has 0 aliphatic carbocycles. The SMILES string of the molecule is Cc1cc(C(C)NCc2ncn(C)n2)c(C)s1. The van der Waals surface area contributed by atoms with Gasteiger partial charge in [-0.05, 0) is 32.4 Å². The summed E-state index contributed by atoms with van der Waals surface area (Å²) in [5, 5.41) is 7.70. The van der Waals surface area contributed by atoms with Crippen molar-refractivity contribution >= 4 is 11.3 Å². The van der Waals surface area contributed by atoms with Crippen LogP contribution in [0.2, 0.25) is 0 Å². The van der Waals surface area contributed by atoms with Gasteiger partial charge in [-0.3, -0.25) is 4.68 Å². The normalized spacial score (nSPS) is 12.9. The van der Waals surface area contributed by atoms with Crippen molar-refractivity contribution in [3.8, 4) is 0 Å². The summed E-state index contributed by atoms with van der Waals surface area (Å²) in [5.41, 5.74) is 1.38. The molecular formula is C12H18N4S. The zero-order valence-corrected chi connectivity index (χ0v) is 11.5. The van der Waals surface area contributed by atoms with Crippen LogP contribution in [0.4, 0.5) is 0 Å². The number of nitrogens with zero attached hydrogens (tertiary/aromatic N) is 3. The Morgan fingerprint density at radius 1 is 1.47 bits per heavy atom. The van der Waals surface area contributed by atoms with Gasteiger partial charge < -0.3 is 5.32 Å². The van der Waals surface area contributed by atoms with Crippen LogP contribution in [-0.4, -0.2) is 14.8 Å². The zero-order valence-electron chi connectivity index (χ0n) is 10.7. The van der Waals surface area contributed by atoms with E-state index in [9.17, 15) is 0 Å². The van der Waals surface area contributed by atoms with E-state index in [2.05, 4.69) is 42.2 Å². The van der Waals surface area contributed by atoms with E-state index in [-0.39, 0.29) is 0 Å². The van der Waals surface area contributed by atoms with Gasteiger partial charge in [-0.2, -0.15) is 5.10 Å². The summed E-state index contributed by atoms with van der Waals surface area (Å²) < 4.78 is 1.72. The van der Waals surface area contributed by atoms with Gasteiger partial charge >= 0.3 is 0 Å². The number of hydrogen-bond donors (Lipinski definition) is 1. The average Bonchev–Trinajstić information content (AvgIpc) is 2.81. The van der Waals surface area contributed by atoms with Gasteiger partial charge in [0.05, 0.1) is 6.54 Å². The minimum absolute atomic E-state index is 0.337. The maximum atomic E-state index is 4.25. The van der Waals surface area contributed by atoms with Crippen molar-refractivity contribution in [2.24, 2.45) is 7.05 Å². The maximum Gasteiger partial charge on any atom is 0.164 e. The van der Waals surface area contributed by atoms with Crippen molar-refractivity contribution in [3.63, 3.8) is 0 Å². The standard InChI is InChI=1S/C12H18N4S/c1-8-5-11(10(3)17-8)9(2)13-6-12-14-7-16(4)15-12/h5,7,9,13H,6H2,1-4H3. The van der Waals surface area contributed by atoms with E-state index in [1.807, 2.05) is 18.4 Å². The molecule has 0 saturated heterocycles. The molecule has 92 valence electrons. The van der Waals surface area contributed by atoms with Crippen LogP contribution in [0.1, 0.15) is 34.1 Å². The predicted octanol–water partition coefficient (Wildman–Crippen LogP) is 2.34. The number of thiophene rings is 1. The molecule has 0 aromatic carbocycles. The Morgan fingerprint density at radius 3 is 2.76 bits per heavy atom. The molecule has 0 radical (unpaired) electrons. The van der Waals surface area contributed by atoms with E-state index in [4.69, 9.17) is 0 Å². The van der Waals surface area contributed by atoms with Crippen molar-refractivity contribution in [1.29, 1.82) is 0 Å². The van der Waals surface area contributed by atoms with E-state index in [0.29, 0.717) is 12.6 Å². The van der Waals surface area contributed by atoms with Gasteiger partial charge in [-0.1, -0.05) is 0 Å². The molecular weight excluding hydrogens is 232 g/mol. The predicted molar refractivity (Wildman–Crippen MR) is 70.1 cm³/mol. The molecule has 0 amide bonds. The van der Waals surface area contributed by atoms with E-state index < -0.39 is 0 Å². The molecule has 5 heteroatoms. The Kier molecular flexibility index (Phi) is 3.59. The second-order valence-corrected chi connectivity index (χ2v) is 5.77. The van der Waals surface area contributed by atoms with Crippen molar-refractivity contribution in [3.05, 3.63) is 33.5 Å². The summed E-state index contributed by atoms with van der Waals surface area (Å²) in [6.07, 6.45) is 1.72. The molecule has 0 saturated carbocycles. The summed E-state index contributed by atoms with van der Waals surface area (Å²) in [4.78, 5) is 6.95. The number of aromatic nitrogens is 3. The largest absolute Gasteiger partial charge is 0.303 e. The lowest BCUT2D eigenvalue weighted by atomic mass is 10.1. The van der Waals surface area contributed by atoms with Crippen molar-refractivity contribution < 1.29 is 0 Å². The smallest absolute Gasteiger partial charge is 0.164 e. The van der Waals surface area contributed by atoms with Crippen LogP contribution in [0.5, 0.6) is 0 Å². The van der Waals surface area contributed by atoms with E-state index >= 15 is 0 Å². The average molecular weight is 250 g/mol. The molecule has 4 nitrogen and oxygen atoms in total. The molecule has 0 aliphatic heterocycles. The van der Waals surface area contributed by atoms with Gasteiger partial charge in [0.15, 0.2) is 5.82 Å². The summed E-state index contributed by atoms with van der Waals surface area (Å²) in [6.45, 7) is 7.20. The van der Waals surface area contributed by atoms with Crippen LogP contribution in [0.25, 0.3) is 0 Å². The Balaban J connectivity index is 1.97. The van der Waals surface area contributed by atoms with Crippen LogP contribution in [0.3, 0.4) is 0 Å². The molecule has 0 bridgehead atoms. The molecule has 2 rings (SSSR count). The molecule has 17 heavy (non-hydrogen) atoms. The third-order valence-electron chi connectivity index (χ3n) is 2.76. The summed E-state index contributed by atoms with van der Waals surface area (Å²) in [6, 6.07) is 2.59. The highest BCUT2D eigenvalue weighted by atomic mass is 32.1. The summed E-state index contributed by atoms with van der Waals surface area (Å²) in [5.74, 6) is 0.837. The topological polar surface area (TPSA) is 42.7 Å². The summed E-state index contributed by atoms with van der Waals surface area (Å²) in [7, 11) is 1.88. The van der Waals surface area contributed by atoms with E-state index in [1.54, 1.807) is 11.0 Å². The third kappa shape index (κ3) is 2.92. The molecule has 0 fully saturated rings. The highest BCUT2D eigenvalue weighted by Crippen LogP contribution is 2.26. The minimum atomic E-state index is 0.337. The van der Waals surface area contributed by atoms with Gasteiger partial charge in [0, 0.05) is 22.8 Å². The first-order valence-electron chi connectivity index (χ1n) is 5.71. The van der Waals surface area contributed by atoms with Gasteiger partial charge in [0.25, 0.3) is 0 Å². The molecule has 0 aliphatic rings. The fourth-order valence-electron chi connectivity index (χ4n) is 1.90. The molecule has 1 atom stereocenters. The van der Waals surface area contributed by atoms with Crippen molar-refractivity contribution in [1.82, 2.24) is 20.1 Å². The van der Waals surface area contributed by atoms with Gasteiger partial charge in [0.1, 0.15) is 6.33 Å². The van der Waals surface area contributed by atoms with Crippen LogP contribution >= 0.6 is 11.3 Å². The molecule has 1 unspecified atom stereocenters. The van der Waals surface area contributed by atoms with E-state index in [1.165, 1.54) is 15.3 Å². The minimum Gasteiger partial charge on any atom is -0.303 e. The highest BCUT2D eigenvalue weighted by Gasteiger charge is 2.11. The van der Waals surface area contributed by atoms with Gasteiger partial charge in [-0.25, -0.2) is 4.98 Å². The Labute approximate surface area is 106 Å². The lowest BCUT2D eigenvalue weighted by molar-refractivity contribution is 0.555. The van der Waals surface area contributed by atoms with Gasteiger partial charge in [0.2, 0.25) is 0 Å². The Hall–Kier alpha value is -1.20. The van der Waals surface area contributed by atoms with Crippen molar-refractivity contribution in [2.75, 3.05) is 0 Å². The fourth-order valence-corrected chi connectivity index (χ4v) is 2.92. The third-order valence-corrected chi connectivity index (χ3v) is 3.74. The van der Waals surface area contributed by atoms with Crippen molar-refractivity contribution in [2.45, 2.75) is 33.4 Å². The highest BCUT2D eigenvalue weighted by molar-refractivity contribution is 7.12. The molecule has 2 aromatic rings. The monoisotopic (exact) mass is 250 g/mol. The molecule has 0 spiro atoms. The van der Waals surface area contributed by atoms with Gasteiger partial charge in [-0.15, -0.1) is 11.3 Å². The number of rotatable bonds is 4. The fraction of sp³-hybridized carbons (Fsp3) is 0.500. The maximum absolute atomic E-state index is 4.25. The van der Waals surface area contributed by atoms with Crippen LogP contribution in [0, 0.1) is 13.8 Å². The molecule has 2 aromatic heterocycles. The number of aryl methyl sites for hydroxylation is 3. The Morgan fingerprint density at radius 2 is 2.24 bits per heavy atom. The quantitative estimate of drug-likeness (QED) is 0.905.